The van der Waals surface area contributed by atoms with Crippen molar-refractivity contribution >= 4 is 9.84 Å². The number of rotatable bonds is 4. The lowest BCUT2D eigenvalue weighted by Crippen LogP contribution is -2.40. The summed E-state index contributed by atoms with van der Waals surface area (Å²) in [6, 6.07) is 1.92. The van der Waals surface area contributed by atoms with Gasteiger partial charge in [-0.3, -0.25) is 4.98 Å². The van der Waals surface area contributed by atoms with Crippen LogP contribution in [0.4, 0.5) is 0 Å². The fraction of sp³-hybridized carbons (Fsp3) is 0.688. The van der Waals surface area contributed by atoms with Gasteiger partial charge in [0.2, 0.25) is 0 Å². The molecule has 2 fully saturated rings. The molecule has 2 aliphatic rings. The van der Waals surface area contributed by atoms with Crippen LogP contribution in [0.15, 0.2) is 18.5 Å². The van der Waals surface area contributed by atoms with Gasteiger partial charge in [0.1, 0.15) is 11.9 Å². The number of sulfone groups is 1. The molecule has 0 aliphatic carbocycles. The third kappa shape index (κ3) is 3.98. The summed E-state index contributed by atoms with van der Waals surface area (Å²) < 4.78 is 29.1. The van der Waals surface area contributed by atoms with Crippen molar-refractivity contribution < 1.29 is 13.2 Å². The van der Waals surface area contributed by atoms with Crippen molar-refractivity contribution in [3.63, 3.8) is 0 Å². The Morgan fingerprint density at radius 2 is 2.09 bits per heavy atom. The molecule has 2 aliphatic heterocycles. The van der Waals surface area contributed by atoms with Gasteiger partial charge in [0.15, 0.2) is 9.84 Å². The zero-order valence-corrected chi connectivity index (χ0v) is 13.9. The Balaban J connectivity index is 1.46. The number of piperidine rings is 1. The molecule has 3 heterocycles. The molecule has 1 atom stereocenters. The van der Waals surface area contributed by atoms with E-state index in [0.29, 0.717) is 17.4 Å². The van der Waals surface area contributed by atoms with E-state index in [1.807, 2.05) is 19.2 Å². The second kappa shape index (κ2) is 6.54. The summed E-state index contributed by atoms with van der Waals surface area (Å²) in [7, 11) is -2.76. The van der Waals surface area contributed by atoms with Gasteiger partial charge in [0.25, 0.3) is 0 Å². The fourth-order valence-electron chi connectivity index (χ4n) is 3.36. The van der Waals surface area contributed by atoms with Crippen molar-refractivity contribution in [2.24, 2.45) is 5.92 Å². The maximum absolute atomic E-state index is 11.5. The fourth-order valence-corrected chi connectivity index (χ4v) is 5.21. The Hall–Kier alpha value is -1.14. The predicted molar refractivity (Wildman–Crippen MR) is 85.8 cm³/mol. The zero-order valence-electron chi connectivity index (χ0n) is 13.1. The molecule has 0 saturated carbocycles. The molecule has 1 unspecified atom stereocenters. The molecular formula is C16H24N2O3S. The van der Waals surface area contributed by atoms with Crippen LogP contribution in [0.5, 0.6) is 5.75 Å². The first-order valence-electron chi connectivity index (χ1n) is 8.02. The Labute approximate surface area is 132 Å². The van der Waals surface area contributed by atoms with E-state index in [-0.39, 0.29) is 6.10 Å². The largest absolute Gasteiger partial charge is 0.490 e. The van der Waals surface area contributed by atoms with Crippen molar-refractivity contribution in [1.29, 1.82) is 0 Å². The molecule has 0 amide bonds. The minimum Gasteiger partial charge on any atom is -0.490 e. The lowest BCUT2D eigenvalue weighted by molar-refractivity contribution is 0.0926. The summed E-state index contributed by atoms with van der Waals surface area (Å²) >= 11 is 0. The number of hydrogen-bond donors (Lipinski definition) is 0. The standard InChI is InChI=1S/C16H24N2O3S/c1-13-10-17-6-2-16(13)21-15-3-7-18(8-4-15)11-14-5-9-22(19,20)12-14/h2,6,10,14-15H,3-5,7-9,11-12H2,1H3. The summed E-state index contributed by atoms with van der Waals surface area (Å²) in [6.45, 7) is 4.91. The molecule has 0 spiro atoms. The third-order valence-electron chi connectivity index (χ3n) is 4.64. The maximum Gasteiger partial charge on any atom is 0.150 e. The van der Waals surface area contributed by atoms with E-state index in [4.69, 9.17) is 4.74 Å². The van der Waals surface area contributed by atoms with Crippen LogP contribution in [-0.2, 0) is 9.84 Å². The van der Waals surface area contributed by atoms with Gasteiger partial charge in [-0.2, -0.15) is 0 Å². The van der Waals surface area contributed by atoms with Crippen molar-refractivity contribution in [1.82, 2.24) is 9.88 Å². The molecular weight excluding hydrogens is 300 g/mol. The topological polar surface area (TPSA) is 59.5 Å². The summed E-state index contributed by atoms with van der Waals surface area (Å²) in [4.78, 5) is 6.48. The third-order valence-corrected chi connectivity index (χ3v) is 6.48. The van der Waals surface area contributed by atoms with Crippen LogP contribution in [0, 0.1) is 12.8 Å². The number of likely N-dealkylation sites (tertiary alicyclic amines) is 1. The van der Waals surface area contributed by atoms with Crippen LogP contribution in [0.1, 0.15) is 24.8 Å². The van der Waals surface area contributed by atoms with Crippen LogP contribution in [0.2, 0.25) is 0 Å². The molecule has 5 nitrogen and oxygen atoms in total. The zero-order chi connectivity index (χ0) is 15.6. The first-order chi connectivity index (χ1) is 10.5. The normalized spacial score (nSPS) is 26.1. The molecule has 0 radical (unpaired) electrons. The molecule has 0 aromatic carbocycles. The molecule has 1 aromatic rings. The predicted octanol–water partition coefficient (Wildman–Crippen LogP) is 1.67. The number of ether oxygens (including phenoxy) is 1. The molecule has 122 valence electrons. The molecule has 6 heteroatoms. The van der Waals surface area contributed by atoms with E-state index in [2.05, 4.69) is 9.88 Å². The molecule has 0 N–H and O–H groups in total. The highest BCUT2D eigenvalue weighted by Gasteiger charge is 2.30. The summed E-state index contributed by atoms with van der Waals surface area (Å²) in [5, 5.41) is 0. The highest BCUT2D eigenvalue weighted by atomic mass is 32.2. The van der Waals surface area contributed by atoms with Crippen LogP contribution in [-0.4, -0.2) is 55.5 Å². The SMILES string of the molecule is Cc1cnccc1OC1CCN(CC2CCS(=O)(=O)C2)CC1. The summed E-state index contributed by atoms with van der Waals surface area (Å²) in [5.74, 6) is 2.00. The van der Waals surface area contributed by atoms with Gasteiger partial charge < -0.3 is 9.64 Å². The monoisotopic (exact) mass is 324 g/mol. The number of pyridine rings is 1. The van der Waals surface area contributed by atoms with E-state index in [0.717, 1.165) is 50.2 Å². The average Bonchev–Trinajstić information content (AvgIpc) is 2.82. The quantitative estimate of drug-likeness (QED) is 0.843. The highest BCUT2D eigenvalue weighted by molar-refractivity contribution is 7.91. The van der Waals surface area contributed by atoms with Crippen molar-refractivity contribution in [2.45, 2.75) is 32.3 Å². The Morgan fingerprint density at radius 3 is 2.73 bits per heavy atom. The number of hydrogen-bond acceptors (Lipinski definition) is 5. The van der Waals surface area contributed by atoms with E-state index in [9.17, 15) is 8.42 Å². The molecule has 3 rings (SSSR count). The van der Waals surface area contributed by atoms with E-state index < -0.39 is 9.84 Å². The van der Waals surface area contributed by atoms with Gasteiger partial charge in [0, 0.05) is 37.6 Å². The second-order valence-corrected chi connectivity index (χ2v) is 8.76. The first kappa shape index (κ1) is 15.7. The van der Waals surface area contributed by atoms with Gasteiger partial charge in [-0.25, -0.2) is 8.42 Å². The lowest BCUT2D eigenvalue weighted by atomic mass is 10.0. The summed E-state index contributed by atoms with van der Waals surface area (Å²) in [6.07, 6.45) is 6.67. The molecule has 2 saturated heterocycles. The van der Waals surface area contributed by atoms with Crippen LogP contribution >= 0.6 is 0 Å². The Bertz CT molecular complexity index is 610. The van der Waals surface area contributed by atoms with E-state index >= 15 is 0 Å². The average molecular weight is 324 g/mol. The van der Waals surface area contributed by atoms with Crippen LogP contribution in [0.3, 0.4) is 0 Å². The van der Waals surface area contributed by atoms with Gasteiger partial charge in [-0.05, 0) is 38.2 Å². The Kier molecular flexibility index (Phi) is 4.68. The minimum atomic E-state index is -2.76. The van der Waals surface area contributed by atoms with Gasteiger partial charge in [-0.1, -0.05) is 0 Å². The molecule has 22 heavy (non-hydrogen) atoms. The summed E-state index contributed by atoms with van der Waals surface area (Å²) in [5.41, 5.74) is 1.07. The van der Waals surface area contributed by atoms with Crippen molar-refractivity contribution in [3.8, 4) is 5.75 Å². The molecule has 1 aromatic heterocycles. The maximum atomic E-state index is 11.5. The van der Waals surface area contributed by atoms with Gasteiger partial charge in [0.05, 0.1) is 11.5 Å². The van der Waals surface area contributed by atoms with E-state index in [1.165, 1.54) is 0 Å². The van der Waals surface area contributed by atoms with Crippen molar-refractivity contribution in [3.05, 3.63) is 24.0 Å². The Morgan fingerprint density at radius 1 is 1.32 bits per heavy atom. The second-order valence-electron chi connectivity index (χ2n) is 6.53. The minimum absolute atomic E-state index is 0.254. The number of nitrogens with zero attached hydrogens (tertiary/aromatic N) is 2. The molecule has 0 bridgehead atoms. The lowest BCUT2D eigenvalue weighted by Gasteiger charge is -2.33. The highest BCUT2D eigenvalue weighted by Crippen LogP contribution is 2.24. The smallest absolute Gasteiger partial charge is 0.150 e. The van der Waals surface area contributed by atoms with Crippen molar-refractivity contribution in [2.75, 3.05) is 31.1 Å². The van der Waals surface area contributed by atoms with Crippen LogP contribution in [0.25, 0.3) is 0 Å². The first-order valence-corrected chi connectivity index (χ1v) is 9.84. The van der Waals surface area contributed by atoms with Crippen LogP contribution < -0.4 is 4.74 Å². The van der Waals surface area contributed by atoms with Gasteiger partial charge >= 0.3 is 0 Å². The number of aryl methyl sites for hydroxylation is 1. The number of aromatic nitrogens is 1. The van der Waals surface area contributed by atoms with Gasteiger partial charge in [-0.15, -0.1) is 0 Å². The van der Waals surface area contributed by atoms with E-state index in [1.54, 1.807) is 6.20 Å².